The molecule has 2 aromatic rings. The molecule has 0 atom stereocenters. The zero-order chi connectivity index (χ0) is 20.8. The molecule has 150 valence electrons. The average molecular weight is 386 g/mol. The van der Waals surface area contributed by atoms with E-state index in [1.54, 1.807) is 13.0 Å². The predicted molar refractivity (Wildman–Crippen MR) is 99.1 cm³/mol. The minimum Gasteiger partial charge on any atom is -0.484 e. The molecule has 0 radical (unpaired) electrons. The molecule has 1 heterocycles. The summed E-state index contributed by atoms with van der Waals surface area (Å²) in [5.74, 6) is 0.847. The predicted octanol–water partition coefficient (Wildman–Crippen LogP) is 4.83. The Kier molecular flexibility index (Phi) is 7.68. The maximum Gasteiger partial charge on any atom is 0.422 e. The van der Waals surface area contributed by atoms with Crippen molar-refractivity contribution in [3.05, 3.63) is 29.5 Å². The van der Waals surface area contributed by atoms with Gasteiger partial charge < -0.3 is 20.9 Å². The number of alkyl halides is 3. The van der Waals surface area contributed by atoms with E-state index in [9.17, 15) is 13.2 Å². The van der Waals surface area contributed by atoms with E-state index < -0.39 is 12.8 Å². The van der Waals surface area contributed by atoms with Gasteiger partial charge in [0.25, 0.3) is 0 Å². The van der Waals surface area contributed by atoms with Gasteiger partial charge in [-0.3, -0.25) is 0 Å². The number of nitrogen functional groups attached to an aromatic ring is 2. The van der Waals surface area contributed by atoms with Gasteiger partial charge in [0.2, 0.25) is 5.95 Å². The molecule has 0 saturated carbocycles. The first-order valence-corrected chi connectivity index (χ1v) is 8.46. The molecule has 0 amide bonds. The molecule has 0 aliphatic heterocycles. The largest absolute Gasteiger partial charge is 0.484 e. The zero-order valence-electron chi connectivity index (χ0n) is 16.0. The second kappa shape index (κ2) is 9.29. The number of benzene rings is 1. The third kappa shape index (κ3) is 6.50. The van der Waals surface area contributed by atoms with Crippen LogP contribution in [-0.2, 0) is 0 Å². The number of hydrogen-bond donors (Lipinski definition) is 2. The molecule has 2 rings (SSSR count). The highest BCUT2D eigenvalue weighted by atomic mass is 19.4. The van der Waals surface area contributed by atoms with Gasteiger partial charge in [-0.25, -0.2) is 4.98 Å². The van der Waals surface area contributed by atoms with Crippen molar-refractivity contribution in [2.45, 2.75) is 46.7 Å². The summed E-state index contributed by atoms with van der Waals surface area (Å²) in [4.78, 5) is 7.63. The van der Waals surface area contributed by atoms with Gasteiger partial charge >= 0.3 is 6.18 Å². The fraction of sp³-hybridized carbons (Fsp3) is 0.444. The van der Waals surface area contributed by atoms with E-state index in [0.717, 1.165) is 0 Å². The fourth-order valence-electron chi connectivity index (χ4n) is 2.13. The lowest BCUT2D eigenvalue weighted by molar-refractivity contribution is -0.153. The first-order valence-electron chi connectivity index (χ1n) is 8.46. The Morgan fingerprint density at radius 1 is 1.07 bits per heavy atom. The van der Waals surface area contributed by atoms with Gasteiger partial charge in [0.05, 0.1) is 6.20 Å². The number of halogens is 3. The number of ether oxygens (including phenoxy) is 2. The van der Waals surface area contributed by atoms with Gasteiger partial charge in [-0.05, 0) is 30.5 Å². The van der Waals surface area contributed by atoms with Crippen LogP contribution in [0.25, 0.3) is 0 Å². The Morgan fingerprint density at radius 2 is 1.70 bits per heavy atom. The van der Waals surface area contributed by atoms with E-state index in [4.69, 9.17) is 20.9 Å². The van der Waals surface area contributed by atoms with Crippen LogP contribution in [0.5, 0.6) is 17.2 Å². The maximum absolute atomic E-state index is 12.4. The van der Waals surface area contributed by atoms with Crippen LogP contribution >= 0.6 is 0 Å². The molecule has 6 nitrogen and oxygen atoms in total. The number of hydrogen-bond acceptors (Lipinski definition) is 6. The summed E-state index contributed by atoms with van der Waals surface area (Å²) in [7, 11) is 0. The van der Waals surface area contributed by atoms with E-state index in [0.29, 0.717) is 16.9 Å². The first kappa shape index (κ1) is 22.3. The standard InChI is InChI=1S/C16H19F3N4O2.C2H6/c1-8(2)10-5-11(24-7-16(17,18)19)9(3)4-12(10)25-13-6-22-15(21)23-14(13)20;1-2/h4-6,8H,7H2,1-3H3,(H4,20,21,22,23);1-2H3. The molecule has 1 aromatic carbocycles. The molecule has 1 aromatic heterocycles. The SMILES string of the molecule is CC.Cc1cc(Oc2cnc(N)nc2N)c(C(C)C)cc1OCC(F)(F)F. The zero-order valence-corrected chi connectivity index (χ0v) is 16.0. The van der Waals surface area contributed by atoms with Crippen molar-refractivity contribution in [1.82, 2.24) is 9.97 Å². The van der Waals surface area contributed by atoms with E-state index in [-0.39, 0.29) is 29.2 Å². The highest BCUT2D eigenvalue weighted by Gasteiger charge is 2.29. The van der Waals surface area contributed by atoms with Crippen molar-refractivity contribution in [3.63, 3.8) is 0 Å². The quantitative estimate of drug-likeness (QED) is 0.764. The Balaban J connectivity index is 0.00000176. The third-order valence-corrected chi connectivity index (χ3v) is 3.34. The van der Waals surface area contributed by atoms with Crippen LogP contribution in [0.1, 0.15) is 44.7 Å². The van der Waals surface area contributed by atoms with Gasteiger partial charge in [0.15, 0.2) is 18.2 Å². The molecule has 9 heteroatoms. The highest BCUT2D eigenvalue weighted by molar-refractivity contribution is 5.53. The molecular formula is C18H25F3N4O2. The van der Waals surface area contributed by atoms with Crippen LogP contribution in [0.4, 0.5) is 24.9 Å². The molecule has 0 fully saturated rings. The Bertz CT molecular complexity index is 765. The maximum atomic E-state index is 12.4. The van der Waals surface area contributed by atoms with Crippen molar-refractivity contribution < 1.29 is 22.6 Å². The number of nitrogens with two attached hydrogens (primary N) is 2. The van der Waals surface area contributed by atoms with Gasteiger partial charge in [0.1, 0.15) is 11.5 Å². The minimum atomic E-state index is -4.41. The molecule has 0 saturated heterocycles. The fourth-order valence-corrected chi connectivity index (χ4v) is 2.13. The van der Waals surface area contributed by atoms with Crippen molar-refractivity contribution >= 4 is 11.8 Å². The number of aromatic nitrogens is 2. The van der Waals surface area contributed by atoms with Crippen molar-refractivity contribution in [3.8, 4) is 17.2 Å². The Labute approximate surface area is 156 Å². The highest BCUT2D eigenvalue weighted by Crippen LogP contribution is 2.37. The lowest BCUT2D eigenvalue weighted by atomic mass is 9.99. The molecule has 4 N–H and O–H groups in total. The van der Waals surface area contributed by atoms with Gasteiger partial charge in [-0.15, -0.1) is 0 Å². The van der Waals surface area contributed by atoms with E-state index in [1.165, 1.54) is 12.3 Å². The topological polar surface area (TPSA) is 96.3 Å². The lowest BCUT2D eigenvalue weighted by Crippen LogP contribution is -2.19. The van der Waals surface area contributed by atoms with Gasteiger partial charge in [0, 0.05) is 5.56 Å². The monoisotopic (exact) mass is 386 g/mol. The molecular weight excluding hydrogens is 361 g/mol. The molecule has 0 bridgehead atoms. The summed E-state index contributed by atoms with van der Waals surface area (Å²) < 4.78 is 47.8. The van der Waals surface area contributed by atoms with Gasteiger partial charge in [-0.2, -0.15) is 18.2 Å². The van der Waals surface area contributed by atoms with Crippen LogP contribution < -0.4 is 20.9 Å². The summed E-state index contributed by atoms with van der Waals surface area (Å²) in [6.45, 7) is 8.04. The number of aryl methyl sites for hydroxylation is 1. The first-order chi connectivity index (χ1) is 12.6. The van der Waals surface area contributed by atoms with Crippen molar-refractivity contribution in [2.75, 3.05) is 18.1 Å². The Hall–Kier alpha value is -2.71. The summed E-state index contributed by atoms with van der Waals surface area (Å²) in [5, 5.41) is 0. The summed E-state index contributed by atoms with van der Waals surface area (Å²) in [5.41, 5.74) is 12.4. The van der Waals surface area contributed by atoms with Crippen molar-refractivity contribution in [2.24, 2.45) is 0 Å². The molecule has 27 heavy (non-hydrogen) atoms. The normalized spacial score (nSPS) is 11.0. The molecule has 0 aliphatic rings. The summed E-state index contributed by atoms with van der Waals surface area (Å²) in [6.07, 6.45) is -3.07. The molecule has 0 unspecified atom stereocenters. The molecule has 0 spiro atoms. The van der Waals surface area contributed by atoms with Crippen molar-refractivity contribution in [1.29, 1.82) is 0 Å². The lowest BCUT2D eigenvalue weighted by Gasteiger charge is -2.18. The number of anilines is 2. The third-order valence-electron chi connectivity index (χ3n) is 3.34. The molecule has 0 aliphatic carbocycles. The van der Waals surface area contributed by atoms with Crippen LogP contribution in [0.15, 0.2) is 18.3 Å². The Morgan fingerprint density at radius 3 is 2.22 bits per heavy atom. The van der Waals surface area contributed by atoms with Crippen LogP contribution in [0.3, 0.4) is 0 Å². The smallest absolute Gasteiger partial charge is 0.422 e. The van der Waals surface area contributed by atoms with Crippen LogP contribution in [-0.4, -0.2) is 22.8 Å². The minimum absolute atomic E-state index is 0.0148. The van der Waals surface area contributed by atoms with E-state index >= 15 is 0 Å². The van der Waals surface area contributed by atoms with Crippen LogP contribution in [0, 0.1) is 6.92 Å². The summed E-state index contributed by atoms with van der Waals surface area (Å²) in [6, 6.07) is 3.13. The summed E-state index contributed by atoms with van der Waals surface area (Å²) >= 11 is 0. The average Bonchev–Trinajstić information content (AvgIpc) is 2.57. The second-order valence-corrected chi connectivity index (χ2v) is 5.79. The second-order valence-electron chi connectivity index (χ2n) is 5.79. The number of nitrogens with zero attached hydrogens (tertiary/aromatic N) is 2. The number of rotatable bonds is 5. The van der Waals surface area contributed by atoms with Crippen LogP contribution in [0.2, 0.25) is 0 Å². The van der Waals surface area contributed by atoms with E-state index in [1.807, 2.05) is 27.7 Å². The van der Waals surface area contributed by atoms with Gasteiger partial charge in [-0.1, -0.05) is 27.7 Å². The van der Waals surface area contributed by atoms with E-state index in [2.05, 4.69) is 9.97 Å².